The average Bonchev–Trinajstić information content (AvgIpc) is 2.64. The molecule has 0 amide bonds. The molecule has 0 unspecified atom stereocenters. The molecule has 1 aromatic heterocycles. The van der Waals surface area contributed by atoms with E-state index in [0.29, 0.717) is 11.2 Å². The molecule has 1 aromatic carbocycles. The highest BCUT2D eigenvalue weighted by atomic mass is 32.1. The van der Waals surface area contributed by atoms with Crippen LogP contribution in [-0.2, 0) is 0 Å². The summed E-state index contributed by atoms with van der Waals surface area (Å²) in [7, 11) is 0. The van der Waals surface area contributed by atoms with Crippen molar-refractivity contribution >= 4 is 27.1 Å². The molecule has 0 saturated carbocycles. The largest absolute Gasteiger partial charge is 0.384 e. The zero-order valence-electron chi connectivity index (χ0n) is 8.29. The first-order valence-corrected chi connectivity index (χ1v) is 5.80. The van der Waals surface area contributed by atoms with Crippen LogP contribution in [0.5, 0.6) is 0 Å². The highest BCUT2D eigenvalue weighted by molar-refractivity contribution is 7.17. The Balaban J connectivity index is 2.25. The van der Waals surface area contributed by atoms with Crippen LogP contribution < -0.4 is 11.1 Å². The van der Waals surface area contributed by atoms with Gasteiger partial charge in [0.2, 0.25) is 0 Å². The normalized spacial score (nSPS) is 10.8. The molecule has 80 valence electrons. The first-order chi connectivity index (χ1) is 7.33. The molecular weight excluding hydrogens is 211 g/mol. The van der Waals surface area contributed by atoms with E-state index in [1.54, 1.807) is 6.07 Å². The van der Waals surface area contributed by atoms with Crippen molar-refractivity contribution in [3.63, 3.8) is 0 Å². The van der Waals surface area contributed by atoms with Crippen molar-refractivity contribution in [3.05, 3.63) is 29.4 Å². The van der Waals surface area contributed by atoms with Crippen LogP contribution >= 0.6 is 11.3 Å². The van der Waals surface area contributed by atoms with Gasteiger partial charge in [0.1, 0.15) is 5.82 Å². The maximum Gasteiger partial charge on any atom is 0.141 e. The molecule has 0 bridgehead atoms. The van der Waals surface area contributed by atoms with Gasteiger partial charge in [-0.05, 0) is 19.0 Å². The number of nitrogens with two attached hydrogens (primary N) is 1. The number of rotatable bonds is 4. The smallest absolute Gasteiger partial charge is 0.141 e. The van der Waals surface area contributed by atoms with E-state index >= 15 is 0 Å². The van der Waals surface area contributed by atoms with Gasteiger partial charge in [0.05, 0.1) is 10.4 Å². The average molecular weight is 224 g/mol. The third-order valence-electron chi connectivity index (χ3n) is 2.25. The van der Waals surface area contributed by atoms with Gasteiger partial charge in [0.15, 0.2) is 0 Å². The molecule has 4 heteroatoms. The minimum absolute atomic E-state index is 0.149. The van der Waals surface area contributed by atoms with Crippen molar-refractivity contribution in [2.75, 3.05) is 18.4 Å². The fourth-order valence-corrected chi connectivity index (χ4v) is 2.42. The van der Waals surface area contributed by atoms with Gasteiger partial charge in [-0.15, -0.1) is 11.3 Å². The van der Waals surface area contributed by atoms with E-state index < -0.39 is 0 Å². The number of hydrogen-bond donors (Lipinski definition) is 2. The quantitative estimate of drug-likeness (QED) is 0.784. The van der Waals surface area contributed by atoms with Crippen molar-refractivity contribution in [2.24, 2.45) is 5.73 Å². The lowest BCUT2D eigenvalue weighted by molar-refractivity contribution is 0.642. The van der Waals surface area contributed by atoms with Crippen LogP contribution in [0.3, 0.4) is 0 Å². The zero-order chi connectivity index (χ0) is 10.7. The number of anilines is 1. The first-order valence-electron chi connectivity index (χ1n) is 4.92. The van der Waals surface area contributed by atoms with Gasteiger partial charge in [-0.1, -0.05) is 12.1 Å². The Labute approximate surface area is 91.9 Å². The van der Waals surface area contributed by atoms with Crippen LogP contribution in [0.1, 0.15) is 6.42 Å². The summed E-state index contributed by atoms with van der Waals surface area (Å²) >= 11 is 1.43. The van der Waals surface area contributed by atoms with Gasteiger partial charge in [-0.3, -0.25) is 0 Å². The number of hydrogen-bond acceptors (Lipinski definition) is 3. The van der Waals surface area contributed by atoms with Crippen LogP contribution in [0.2, 0.25) is 0 Å². The predicted molar refractivity (Wildman–Crippen MR) is 63.9 cm³/mol. The van der Waals surface area contributed by atoms with Crippen molar-refractivity contribution in [1.29, 1.82) is 0 Å². The van der Waals surface area contributed by atoms with Gasteiger partial charge in [0, 0.05) is 17.3 Å². The first kappa shape index (κ1) is 10.4. The number of halogens is 1. The summed E-state index contributed by atoms with van der Waals surface area (Å²) in [5, 5.41) is 6.16. The Kier molecular flexibility index (Phi) is 3.18. The Morgan fingerprint density at radius 1 is 1.40 bits per heavy atom. The topological polar surface area (TPSA) is 38.0 Å². The SMILES string of the molecule is NCCCNc1csc2c(F)cccc12. The van der Waals surface area contributed by atoms with Crippen LogP contribution in [0.15, 0.2) is 23.6 Å². The van der Waals surface area contributed by atoms with Crippen LogP contribution in [0.25, 0.3) is 10.1 Å². The molecule has 0 radical (unpaired) electrons. The lowest BCUT2D eigenvalue weighted by Gasteiger charge is -2.03. The minimum Gasteiger partial charge on any atom is -0.384 e. The molecular formula is C11H13FN2S. The summed E-state index contributed by atoms with van der Waals surface area (Å²) in [6, 6.07) is 5.15. The van der Waals surface area contributed by atoms with E-state index in [9.17, 15) is 4.39 Å². The van der Waals surface area contributed by atoms with Crippen molar-refractivity contribution < 1.29 is 4.39 Å². The molecule has 3 N–H and O–H groups in total. The summed E-state index contributed by atoms with van der Waals surface area (Å²) in [6.07, 6.45) is 0.923. The van der Waals surface area contributed by atoms with Gasteiger partial charge >= 0.3 is 0 Å². The van der Waals surface area contributed by atoms with E-state index in [1.807, 2.05) is 11.4 Å². The summed E-state index contributed by atoms with van der Waals surface area (Å²) in [4.78, 5) is 0. The third kappa shape index (κ3) is 2.11. The molecule has 2 aromatic rings. The highest BCUT2D eigenvalue weighted by Crippen LogP contribution is 2.31. The zero-order valence-corrected chi connectivity index (χ0v) is 9.11. The van der Waals surface area contributed by atoms with Gasteiger partial charge in [-0.2, -0.15) is 0 Å². The van der Waals surface area contributed by atoms with E-state index in [1.165, 1.54) is 17.4 Å². The van der Waals surface area contributed by atoms with Crippen molar-refractivity contribution in [3.8, 4) is 0 Å². The lowest BCUT2D eigenvalue weighted by atomic mass is 10.2. The number of benzene rings is 1. The summed E-state index contributed by atoms with van der Waals surface area (Å²) in [5.74, 6) is -0.149. The summed E-state index contributed by atoms with van der Waals surface area (Å²) in [5.41, 5.74) is 6.41. The number of fused-ring (bicyclic) bond motifs is 1. The third-order valence-corrected chi connectivity index (χ3v) is 3.25. The van der Waals surface area contributed by atoms with Crippen LogP contribution in [0.4, 0.5) is 10.1 Å². The molecule has 0 fully saturated rings. The maximum absolute atomic E-state index is 13.4. The Morgan fingerprint density at radius 2 is 2.27 bits per heavy atom. The number of thiophene rings is 1. The van der Waals surface area contributed by atoms with Crippen LogP contribution in [-0.4, -0.2) is 13.1 Å². The second-order valence-electron chi connectivity index (χ2n) is 3.33. The summed E-state index contributed by atoms with van der Waals surface area (Å²) in [6.45, 7) is 1.50. The molecule has 1 heterocycles. The van der Waals surface area contributed by atoms with Crippen molar-refractivity contribution in [2.45, 2.75) is 6.42 Å². The molecule has 15 heavy (non-hydrogen) atoms. The standard InChI is InChI=1S/C11H13FN2S/c12-9-4-1-3-8-10(7-15-11(8)9)14-6-2-5-13/h1,3-4,7,14H,2,5-6,13H2. The van der Waals surface area contributed by atoms with Gasteiger partial charge in [0.25, 0.3) is 0 Å². The fraction of sp³-hybridized carbons (Fsp3) is 0.273. The lowest BCUT2D eigenvalue weighted by Crippen LogP contribution is -2.07. The molecule has 0 saturated heterocycles. The maximum atomic E-state index is 13.4. The predicted octanol–water partition coefficient (Wildman–Crippen LogP) is 2.80. The Hall–Kier alpha value is -1.13. The molecule has 0 aliphatic rings. The molecule has 0 atom stereocenters. The molecule has 0 aliphatic heterocycles. The van der Waals surface area contributed by atoms with E-state index in [0.717, 1.165) is 24.0 Å². The second-order valence-corrected chi connectivity index (χ2v) is 4.21. The van der Waals surface area contributed by atoms with E-state index in [-0.39, 0.29) is 5.82 Å². The highest BCUT2D eigenvalue weighted by Gasteiger charge is 2.06. The summed E-state index contributed by atoms with van der Waals surface area (Å²) < 4.78 is 14.1. The Morgan fingerprint density at radius 3 is 3.07 bits per heavy atom. The fourth-order valence-electron chi connectivity index (χ4n) is 1.48. The molecule has 0 aliphatic carbocycles. The molecule has 2 nitrogen and oxygen atoms in total. The number of nitrogens with one attached hydrogen (secondary N) is 1. The molecule has 0 spiro atoms. The minimum atomic E-state index is -0.149. The van der Waals surface area contributed by atoms with Crippen molar-refractivity contribution in [1.82, 2.24) is 0 Å². The second kappa shape index (κ2) is 4.59. The Bertz CT molecular complexity index is 453. The van der Waals surface area contributed by atoms with E-state index in [4.69, 9.17) is 5.73 Å². The van der Waals surface area contributed by atoms with Gasteiger partial charge in [-0.25, -0.2) is 4.39 Å². The van der Waals surface area contributed by atoms with E-state index in [2.05, 4.69) is 5.32 Å². The molecule has 2 rings (SSSR count). The monoisotopic (exact) mass is 224 g/mol. The van der Waals surface area contributed by atoms with Gasteiger partial charge < -0.3 is 11.1 Å². The van der Waals surface area contributed by atoms with Crippen LogP contribution in [0, 0.1) is 5.82 Å².